The van der Waals surface area contributed by atoms with Crippen LogP contribution in [0.3, 0.4) is 0 Å². The Morgan fingerprint density at radius 2 is 1.54 bits per heavy atom. The summed E-state index contributed by atoms with van der Waals surface area (Å²) in [6.07, 6.45) is 1.66. The number of carbonyl (C=O) groups is 2. The van der Waals surface area contributed by atoms with Crippen LogP contribution in [0, 0.1) is 0 Å². The van der Waals surface area contributed by atoms with Gasteiger partial charge in [0.05, 0.1) is 20.4 Å². The number of hydrogen-bond acceptors (Lipinski definition) is 5. The van der Waals surface area contributed by atoms with E-state index in [1.807, 2.05) is 12.1 Å². The SMILES string of the molecule is COc1ccc(C=NNC(=O)CCNC(=O)c2ccc(OC)cc2)cc1. The average molecular weight is 355 g/mol. The standard InChI is InChI=1S/C19H21N3O4/c1-25-16-7-3-14(4-8-16)13-21-22-18(23)11-12-20-19(24)15-5-9-17(26-2)10-6-15/h3-10,13H,11-12H2,1-2H3,(H,20,24)(H,22,23). The smallest absolute Gasteiger partial charge is 0.251 e. The monoisotopic (exact) mass is 355 g/mol. The summed E-state index contributed by atoms with van der Waals surface area (Å²) in [5.74, 6) is 0.890. The van der Waals surface area contributed by atoms with Crippen molar-refractivity contribution in [3.05, 3.63) is 59.7 Å². The highest BCUT2D eigenvalue weighted by Gasteiger charge is 2.06. The van der Waals surface area contributed by atoms with Crippen molar-refractivity contribution < 1.29 is 19.1 Å². The largest absolute Gasteiger partial charge is 0.497 e. The van der Waals surface area contributed by atoms with Crippen LogP contribution < -0.4 is 20.2 Å². The van der Waals surface area contributed by atoms with Crippen molar-refractivity contribution in [3.63, 3.8) is 0 Å². The lowest BCUT2D eigenvalue weighted by Crippen LogP contribution is -2.29. The third-order valence-corrected chi connectivity index (χ3v) is 3.51. The fourth-order valence-electron chi connectivity index (χ4n) is 2.06. The maximum Gasteiger partial charge on any atom is 0.251 e. The van der Waals surface area contributed by atoms with Gasteiger partial charge in [-0.1, -0.05) is 0 Å². The molecule has 2 amide bonds. The molecule has 0 aromatic heterocycles. The van der Waals surface area contributed by atoms with Crippen molar-refractivity contribution in [3.8, 4) is 11.5 Å². The number of amides is 2. The van der Waals surface area contributed by atoms with E-state index in [4.69, 9.17) is 9.47 Å². The van der Waals surface area contributed by atoms with Gasteiger partial charge in [-0.25, -0.2) is 5.43 Å². The van der Waals surface area contributed by atoms with Crippen molar-refractivity contribution in [1.29, 1.82) is 0 Å². The highest BCUT2D eigenvalue weighted by Crippen LogP contribution is 2.11. The van der Waals surface area contributed by atoms with E-state index in [0.717, 1.165) is 11.3 Å². The van der Waals surface area contributed by atoms with Gasteiger partial charge in [0.1, 0.15) is 11.5 Å². The number of carbonyl (C=O) groups excluding carboxylic acids is 2. The van der Waals surface area contributed by atoms with Gasteiger partial charge in [0.15, 0.2) is 0 Å². The molecule has 2 rings (SSSR count). The van der Waals surface area contributed by atoms with E-state index in [-0.39, 0.29) is 24.8 Å². The molecule has 2 aromatic rings. The lowest BCUT2D eigenvalue weighted by atomic mass is 10.2. The molecule has 136 valence electrons. The van der Waals surface area contributed by atoms with Crippen LogP contribution >= 0.6 is 0 Å². The van der Waals surface area contributed by atoms with Gasteiger partial charge in [-0.2, -0.15) is 5.10 Å². The molecule has 0 atom stereocenters. The Hall–Kier alpha value is -3.35. The van der Waals surface area contributed by atoms with E-state index >= 15 is 0 Å². The van der Waals surface area contributed by atoms with Crippen LogP contribution in [-0.2, 0) is 4.79 Å². The van der Waals surface area contributed by atoms with E-state index in [9.17, 15) is 9.59 Å². The highest BCUT2D eigenvalue weighted by molar-refractivity contribution is 5.94. The predicted octanol–water partition coefficient (Wildman–Crippen LogP) is 1.97. The van der Waals surface area contributed by atoms with Crippen LogP contribution in [0.1, 0.15) is 22.3 Å². The molecular formula is C19H21N3O4. The van der Waals surface area contributed by atoms with E-state index in [1.165, 1.54) is 6.21 Å². The third kappa shape index (κ3) is 5.94. The Morgan fingerprint density at radius 1 is 0.962 bits per heavy atom. The van der Waals surface area contributed by atoms with Gasteiger partial charge in [-0.3, -0.25) is 9.59 Å². The molecule has 7 heteroatoms. The fourth-order valence-corrected chi connectivity index (χ4v) is 2.06. The molecule has 0 fully saturated rings. The number of rotatable bonds is 8. The van der Waals surface area contributed by atoms with Crippen molar-refractivity contribution in [2.75, 3.05) is 20.8 Å². The van der Waals surface area contributed by atoms with E-state index in [0.29, 0.717) is 11.3 Å². The molecule has 0 aliphatic rings. The Kier molecular flexibility index (Phi) is 7.17. The predicted molar refractivity (Wildman–Crippen MR) is 98.7 cm³/mol. The van der Waals surface area contributed by atoms with Crippen LogP contribution in [-0.4, -0.2) is 38.8 Å². The van der Waals surface area contributed by atoms with Gasteiger partial charge in [0.2, 0.25) is 5.91 Å². The molecule has 2 N–H and O–H groups in total. The average Bonchev–Trinajstić information content (AvgIpc) is 2.68. The first-order valence-corrected chi connectivity index (χ1v) is 8.00. The van der Waals surface area contributed by atoms with Gasteiger partial charge in [0.25, 0.3) is 5.91 Å². The minimum Gasteiger partial charge on any atom is -0.497 e. The van der Waals surface area contributed by atoms with Gasteiger partial charge in [0, 0.05) is 18.5 Å². The van der Waals surface area contributed by atoms with Crippen molar-refractivity contribution in [1.82, 2.24) is 10.7 Å². The first-order valence-electron chi connectivity index (χ1n) is 8.00. The van der Waals surface area contributed by atoms with Crippen molar-refractivity contribution in [2.45, 2.75) is 6.42 Å². The van der Waals surface area contributed by atoms with Crippen LogP contribution in [0.4, 0.5) is 0 Å². The molecule has 0 saturated heterocycles. The summed E-state index contributed by atoms with van der Waals surface area (Å²) in [4.78, 5) is 23.7. The summed E-state index contributed by atoms with van der Waals surface area (Å²) in [6, 6.07) is 14.0. The topological polar surface area (TPSA) is 89.0 Å². The molecule has 0 saturated carbocycles. The Morgan fingerprint density at radius 3 is 2.12 bits per heavy atom. The van der Waals surface area contributed by atoms with E-state index in [1.54, 1.807) is 50.6 Å². The van der Waals surface area contributed by atoms with Crippen LogP contribution in [0.2, 0.25) is 0 Å². The van der Waals surface area contributed by atoms with Crippen LogP contribution in [0.5, 0.6) is 11.5 Å². The highest BCUT2D eigenvalue weighted by atomic mass is 16.5. The minimum absolute atomic E-state index is 0.127. The lowest BCUT2D eigenvalue weighted by Gasteiger charge is -2.05. The van der Waals surface area contributed by atoms with Crippen molar-refractivity contribution >= 4 is 18.0 Å². The molecule has 0 radical (unpaired) electrons. The maximum absolute atomic E-state index is 12.0. The van der Waals surface area contributed by atoms with Crippen LogP contribution in [0.25, 0.3) is 0 Å². The molecular weight excluding hydrogens is 334 g/mol. The van der Waals surface area contributed by atoms with Gasteiger partial charge in [-0.15, -0.1) is 0 Å². The van der Waals surface area contributed by atoms with Gasteiger partial charge < -0.3 is 14.8 Å². The molecule has 0 heterocycles. The number of hydrogen-bond donors (Lipinski definition) is 2. The van der Waals surface area contributed by atoms with Gasteiger partial charge >= 0.3 is 0 Å². The molecule has 26 heavy (non-hydrogen) atoms. The second-order valence-corrected chi connectivity index (χ2v) is 5.30. The third-order valence-electron chi connectivity index (χ3n) is 3.51. The lowest BCUT2D eigenvalue weighted by molar-refractivity contribution is -0.120. The first-order chi connectivity index (χ1) is 12.6. The quantitative estimate of drug-likeness (QED) is 0.560. The fraction of sp³-hybridized carbons (Fsp3) is 0.211. The summed E-state index contributed by atoms with van der Waals surface area (Å²) in [5, 5.41) is 6.56. The zero-order valence-electron chi connectivity index (χ0n) is 14.7. The molecule has 0 aliphatic heterocycles. The summed E-state index contributed by atoms with van der Waals surface area (Å²) >= 11 is 0. The summed E-state index contributed by atoms with van der Waals surface area (Å²) < 4.78 is 10.1. The van der Waals surface area contributed by atoms with Crippen molar-refractivity contribution in [2.24, 2.45) is 5.10 Å². The summed E-state index contributed by atoms with van der Waals surface area (Å²) in [7, 11) is 3.15. The molecule has 0 bridgehead atoms. The zero-order valence-corrected chi connectivity index (χ0v) is 14.7. The molecule has 0 unspecified atom stereocenters. The number of methoxy groups -OCH3 is 2. The molecule has 0 spiro atoms. The van der Waals surface area contributed by atoms with E-state index < -0.39 is 0 Å². The first kappa shape index (κ1) is 19.0. The summed E-state index contributed by atoms with van der Waals surface area (Å²) in [6.45, 7) is 0.217. The van der Waals surface area contributed by atoms with Crippen LogP contribution in [0.15, 0.2) is 53.6 Å². The second-order valence-electron chi connectivity index (χ2n) is 5.30. The number of nitrogens with one attached hydrogen (secondary N) is 2. The Bertz CT molecular complexity index is 755. The Balaban J connectivity index is 1.70. The van der Waals surface area contributed by atoms with E-state index in [2.05, 4.69) is 15.8 Å². The van der Waals surface area contributed by atoms with Gasteiger partial charge in [-0.05, 0) is 54.1 Å². The number of nitrogens with zero attached hydrogens (tertiary/aromatic N) is 1. The second kappa shape index (κ2) is 9.83. The normalized spacial score (nSPS) is 10.4. The maximum atomic E-state index is 12.0. The number of hydrazone groups is 1. The minimum atomic E-state index is -0.287. The Labute approximate surface area is 152 Å². The molecule has 0 aliphatic carbocycles. The molecule has 2 aromatic carbocycles. The zero-order chi connectivity index (χ0) is 18.8. The number of ether oxygens (including phenoxy) is 2. The molecule has 7 nitrogen and oxygen atoms in total. The summed E-state index contributed by atoms with van der Waals surface area (Å²) in [5.41, 5.74) is 3.76. The number of benzene rings is 2.